The molecule has 2 aromatic rings. The average molecular weight is 665 g/mol. The van der Waals surface area contributed by atoms with E-state index in [9.17, 15) is 15.3 Å². The molecule has 6 saturated carbocycles. The number of nitrogens with one attached hydrogen (secondary N) is 2. The number of hydrogen-bond donors (Lipinski definition) is 6. The minimum atomic E-state index is -1.39. The predicted octanol–water partition coefficient (Wildman–Crippen LogP) is 5.98. The summed E-state index contributed by atoms with van der Waals surface area (Å²) in [5.74, 6) is 8.06. The normalized spacial score (nSPS) is 42.8. The fourth-order valence-electron chi connectivity index (χ4n) is 13.5. The Morgan fingerprint density at radius 1 is 0.959 bits per heavy atom. The lowest BCUT2D eigenvalue weighted by molar-refractivity contribution is -0.142. The lowest BCUT2D eigenvalue weighted by Gasteiger charge is -2.58. The number of nitrogens with two attached hydrogens (primary N) is 1. The molecule has 10 atom stereocenters. The van der Waals surface area contributed by atoms with Crippen LogP contribution in [0.15, 0.2) is 47.0 Å². The van der Waals surface area contributed by atoms with Gasteiger partial charge < -0.3 is 31.4 Å². The number of aromatic nitrogens is 1. The summed E-state index contributed by atoms with van der Waals surface area (Å²) in [4.78, 5) is 7.98. The van der Waals surface area contributed by atoms with Gasteiger partial charge in [-0.15, -0.1) is 0 Å². The highest BCUT2D eigenvalue weighted by molar-refractivity contribution is 5.80. The molecule has 1 heterocycles. The number of fused-ring (bicyclic) bond motifs is 2. The van der Waals surface area contributed by atoms with Crippen molar-refractivity contribution in [3.63, 3.8) is 0 Å². The number of aliphatic hydroxyl groups excluding tert-OH is 1. The van der Waals surface area contributed by atoms with Crippen molar-refractivity contribution < 1.29 is 15.3 Å². The summed E-state index contributed by atoms with van der Waals surface area (Å²) in [7, 11) is 1.67. The summed E-state index contributed by atoms with van der Waals surface area (Å²) < 4.78 is 0. The minimum Gasteiger partial charge on any atom is -0.390 e. The summed E-state index contributed by atoms with van der Waals surface area (Å²) in [5, 5.41) is 43.4. The molecular formula is C42H56N4O3. The van der Waals surface area contributed by atoms with Crippen LogP contribution in [0.2, 0.25) is 0 Å². The molecule has 0 aliphatic heterocycles. The monoisotopic (exact) mass is 664 g/mol. The van der Waals surface area contributed by atoms with E-state index < -0.39 is 23.3 Å². The first-order valence-corrected chi connectivity index (χ1v) is 19.6. The van der Waals surface area contributed by atoms with E-state index in [1.54, 1.807) is 7.05 Å². The van der Waals surface area contributed by atoms with E-state index in [1.807, 2.05) is 0 Å². The molecule has 7 nitrogen and oxygen atoms in total. The number of rotatable bonds is 4. The fraction of sp³-hybridized carbons (Fsp3) is 0.690. The second-order valence-corrected chi connectivity index (χ2v) is 17.6. The van der Waals surface area contributed by atoms with Gasteiger partial charge in [0.1, 0.15) is 0 Å². The third kappa shape index (κ3) is 4.76. The highest BCUT2D eigenvalue weighted by Gasteiger charge is 2.73. The molecule has 0 radical (unpaired) electrons. The van der Waals surface area contributed by atoms with E-state index in [0.29, 0.717) is 12.4 Å². The van der Waals surface area contributed by atoms with E-state index >= 15 is 0 Å². The maximum absolute atomic E-state index is 13.6. The van der Waals surface area contributed by atoms with Crippen LogP contribution in [-0.2, 0) is 6.42 Å². The van der Waals surface area contributed by atoms with Gasteiger partial charge in [-0.25, -0.2) is 0 Å². The molecule has 4 bridgehead atoms. The van der Waals surface area contributed by atoms with E-state index in [1.165, 1.54) is 54.3 Å². The van der Waals surface area contributed by atoms with Gasteiger partial charge in [0.15, 0.2) is 5.96 Å². The lowest BCUT2D eigenvalue weighted by Crippen LogP contribution is -2.56. The van der Waals surface area contributed by atoms with Crippen molar-refractivity contribution >= 4 is 16.9 Å². The second kappa shape index (κ2) is 11.6. The second-order valence-electron chi connectivity index (χ2n) is 17.6. The zero-order valence-electron chi connectivity index (χ0n) is 29.3. The van der Waals surface area contributed by atoms with Gasteiger partial charge in [-0.05, 0) is 110 Å². The maximum atomic E-state index is 13.6. The summed E-state index contributed by atoms with van der Waals surface area (Å²) in [5.41, 5.74) is 7.69. The summed E-state index contributed by atoms with van der Waals surface area (Å²) in [6.07, 6.45) is 17.8. The van der Waals surface area contributed by atoms with E-state index in [-0.39, 0.29) is 52.8 Å². The van der Waals surface area contributed by atoms with E-state index in [2.05, 4.69) is 63.5 Å². The molecule has 7 N–H and O–H groups in total. The van der Waals surface area contributed by atoms with Crippen LogP contribution in [-0.4, -0.2) is 56.7 Å². The molecule has 0 unspecified atom stereocenters. The van der Waals surface area contributed by atoms with Crippen LogP contribution in [0.5, 0.6) is 0 Å². The fourth-order valence-corrected chi connectivity index (χ4v) is 13.5. The Kier molecular flexibility index (Phi) is 7.62. The van der Waals surface area contributed by atoms with Crippen LogP contribution < -0.4 is 11.1 Å². The Morgan fingerprint density at radius 2 is 1.76 bits per heavy atom. The molecule has 262 valence electrons. The Labute approximate surface area is 291 Å². The van der Waals surface area contributed by atoms with Crippen molar-refractivity contribution in [3.8, 4) is 11.8 Å². The van der Waals surface area contributed by atoms with Gasteiger partial charge in [0, 0.05) is 42.4 Å². The standard InChI is InChI=1S/C42H56N4O3/c1-44-38(43)46-31-15-13-28-22-39(17-7-8-18-39)23-30(20-32-19-26-9-5-6-12-35(26)45-32)40(28)24-29-14-16-33(40)37-34(21-36(47)41(37,48)25-31)42(29,49)27-10-3-2-4-11-27/h5-6,9,12,19,23,27-29,31,33-34,36-37,45,47-49H,2-4,7-8,10-11,14,16-18,20-22,24-25H2,1H3,(H3,43,44,46)/t28-,29+,31+,33+,34-,36+,37-,40-,41-,42+/m0/s1. The molecule has 6 fully saturated rings. The van der Waals surface area contributed by atoms with Crippen molar-refractivity contribution in [2.24, 2.45) is 57.1 Å². The zero-order chi connectivity index (χ0) is 33.6. The number of aromatic amines is 1. The molecule has 7 heteroatoms. The number of guanidine groups is 1. The number of para-hydroxylation sites is 1. The number of aliphatic hydroxyl groups is 3. The quantitative estimate of drug-likeness (QED) is 0.104. The SMILES string of the molecule is CN=C(N)N[C@@H]1C#C[C@H]2CC3(C=C(Cc4cc5ccccc5[nH]4)[C@]24C[C@H]2CC[C@@H]4[C@H]4[C@H](C[C@@H](O)[C@@]4(O)C1)[C@@]2(O)C1CCCCC1)CCCC3. The Hall–Kier alpha value is -2.79. The molecule has 0 saturated heterocycles. The maximum Gasteiger partial charge on any atom is 0.189 e. The molecule has 8 aliphatic carbocycles. The first-order chi connectivity index (χ1) is 23.7. The number of nitrogens with zero attached hydrogens (tertiary/aromatic N) is 1. The molecule has 2 spiro atoms. The van der Waals surface area contributed by atoms with Gasteiger partial charge in [0.05, 0.1) is 23.3 Å². The molecule has 49 heavy (non-hydrogen) atoms. The van der Waals surface area contributed by atoms with Gasteiger partial charge >= 0.3 is 0 Å². The van der Waals surface area contributed by atoms with Crippen LogP contribution in [0.25, 0.3) is 10.9 Å². The number of aliphatic imine (C=N–C) groups is 1. The van der Waals surface area contributed by atoms with E-state index in [4.69, 9.17) is 5.73 Å². The van der Waals surface area contributed by atoms with Crippen molar-refractivity contribution in [2.75, 3.05) is 7.05 Å². The largest absolute Gasteiger partial charge is 0.390 e. The number of hydrogen-bond acceptors (Lipinski definition) is 4. The average Bonchev–Trinajstić information content (AvgIpc) is 3.78. The third-order valence-electron chi connectivity index (χ3n) is 15.5. The van der Waals surface area contributed by atoms with E-state index in [0.717, 1.165) is 57.8 Å². The first kappa shape index (κ1) is 32.1. The molecule has 0 amide bonds. The molecule has 10 rings (SSSR count). The Balaban J connectivity index is 1.27. The van der Waals surface area contributed by atoms with Crippen molar-refractivity contribution in [3.05, 3.63) is 47.7 Å². The minimum absolute atomic E-state index is 0.0984. The lowest BCUT2D eigenvalue weighted by atomic mass is 9.46. The molecule has 1 aromatic carbocycles. The number of allylic oxidation sites excluding steroid dienone is 2. The van der Waals surface area contributed by atoms with Crippen molar-refractivity contribution in [1.29, 1.82) is 0 Å². The molecule has 8 aliphatic rings. The Bertz CT molecular complexity index is 1690. The van der Waals surface area contributed by atoms with Crippen LogP contribution in [0.4, 0.5) is 0 Å². The van der Waals surface area contributed by atoms with Gasteiger partial charge in [-0.3, -0.25) is 4.99 Å². The van der Waals surface area contributed by atoms with Gasteiger partial charge in [0.25, 0.3) is 0 Å². The summed E-state index contributed by atoms with van der Waals surface area (Å²) in [6, 6.07) is 10.5. The van der Waals surface area contributed by atoms with Crippen LogP contribution in [0.3, 0.4) is 0 Å². The first-order valence-electron chi connectivity index (χ1n) is 19.6. The van der Waals surface area contributed by atoms with Gasteiger partial charge in [-0.2, -0.15) is 0 Å². The number of benzene rings is 1. The summed E-state index contributed by atoms with van der Waals surface area (Å²) in [6.45, 7) is 0. The predicted molar refractivity (Wildman–Crippen MR) is 193 cm³/mol. The van der Waals surface area contributed by atoms with Crippen molar-refractivity contribution in [1.82, 2.24) is 10.3 Å². The van der Waals surface area contributed by atoms with Gasteiger partial charge in [-0.1, -0.05) is 73.8 Å². The van der Waals surface area contributed by atoms with Crippen molar-refractivity contribution in [2.45, 2.75) is 126 Å². The highest BCUT2D eigenvalue weighted by Crippen LogP contribution is 2.73. The Morgan fingerprint density at radius 3 is 2.53 bits per heavy atom. The zero-order valence-corrected chi connectivity index (χ0v) is 29.3. The van der Waals surface area contributed by atoms with Gasteiger partial charge in [0.2, 0.25) is 0 Å². The van der Waals surface area contributed by atoms with Crippen LogP contribution in [0, 0.1) is 58.2 Å². The third-order valence-corrected chi connectivity index (χ3v) is 15.5. The molecular weight excluding hydrogens is 608 g/mol. The van der Waals surface area contributed by atoms with Crippen LogP contribution in [0.1, 0.15) is 102 Å². The van der Waals surface area contributed by atoms with Crippen LogP contribution >= 0.6 is 0 Å². The topological polar surface area (TPSA) is 127 Å². The number of H-pyrrole nitrogens is 1. The summed E-state index contributed by atoms with van der Waals surface area (Å²) >= 11 is 0. The smallest absolute Gasteiger partial charge is 0.189 e. The highest BCUT2D eigenvalue weighted by atomic mass is 16.3. The molecule has 1 aromatic heterocycles.